The second-order valence-corrected chi connectivity index (χ2v) is 6.04. The quantitative estimate of drug-likeness (QED) is 0.831. The Kier molecular flexibility index (Phi) is 6.49. The zero-order valence-corrected chi connectivity index (χ0v) is 12.3. The Balaban J connectivity index is 0.00000256. The van der Waals surface area contributed by atoms with Gasteiger partial charge in [-0.25, -0.2) is 0 Å². The minimum atomic E-state index is -0.372. The van der Waals surface area contributed by atoms with Crippen molar-refractivity contribution in [3.8, 4) is 0 Å². The average Bonchev–Trinajstić information content (AvgIpc) is 2.26. The fourth-order valence-electron chi connectivity index (χ4n) is 2.17. The number of halogens is 1. The lowest BCUT2D eigenvalue weighted by Gasteiger charge is -2.37. The molecule has 1 heterocycles. The van der Waals surface area contributed by atoms with Crippen molar-refractivity contribution in [1.29, 1.82) is 0 Å². The van der Waals surface area contributed by atoms with Gasteiger partial charge in [0.2, 0.25) is 5.91 Å². The predicted octanol–water partition coefficient (Wildman–Crippen LogP) is 2.43. The first kappa shape index (κ1) is 16.7. The van der Waals surface area contributed by atoms with E-state index in [1.54, 1.807) is 0 Å². The van der Waals surface area contributed by atoms with Crippen molar-refractivity contribution in [1.82, 2.24) is 4.90 Å². The van der Waals surface area contributed by atoms with E-state index < -0.39 is 0 Å². The Bertz CT molecular complexity index is 250. The standard InChI is InChI=1S/C13H26N2O.ClH/c1-5-10-7-6-8-15(9-10)12(16)11(14)13(2,3)4;/h10-11H,5-9,14H2,1-4H3;1H/t10?,11-;/m1./s1. The van der Waals surface area contributed by atoms with E-state index in [-0.39, 0.29) is 29.8 Å². The number of rotatable bonds is 2. The van der Waals surface area contributed by atoms with Gasteiger partial charge in [-0.05, 0) is 24.2 Å². The molecule has 0 aliphatic carbocycles. The molecule has 17 heavy (non-hydrogen) atoms. The molecule has 1 aliphatic heterocycles. The third-order valence-electron chi connectivity index (χ3n) is 3.61. The van der Waals surface area contributed by atoms with Crippen LogP contribution < -0.4 is 5.73 Å². The van der Waals surface area contributed by atoms with Crippen molar-refractivity contribution in [3.05, 3.63) is 0 Å². The van der Waals surface area contributed by atoms with Crippen LogP contribution in [0.2, 0.25) is 0 Å². The number of likely N-dealkylation sites (tertiary alicyclic amines) is 1. The summed E-state index contributed by atoms with van der Waals surface area (Å²) >= 11 is 0. The fourth-order valence-corrected chi connectivity index (χ4v) is 2.17. The SMILES string of the molecule is CCC1CCCN(C(=O)[C@@H](N)C(C)(C)C)C1.Cl. The van der Waals surface area contributed by atoms with Gasteiger partial charge in [0.1, 0.15) is 0 Å². The van der Waals surface area contributed by atoms with Crippen molar-refractivity contribution >= 4 is 18.3 Å². The maximum Gasteiger partial charge on any atom is 0.240 e. The largest absolute Gasteiger partial charge is 0.341 e. The Hall–Kier alpha value is -0.280. The molecule has 4 heteroatoms. The van der Waals surface area contributed by atoms with Crippen LogP contribution in [0.5, 0.6) is 0 Å². The molecular formula is C13H27ClN2O. The molecule has 3 nitrogen and oxygen atoms in total. The number of carbonyl (C=O) groups is 1. The highest BCUT2D eigenvalue weighted by Crippen LogP contribution is 2.23. The Labute approximate surface area is 112 Å². The monoisotopic (exact) mass is 262 g/mol. The van der Waals surface area contributed by atoms with Crippen LogP contribution in [-0.2, 0) is 4.79 Å². The van der Waals surface area contributed by atoms with Crippen molar-refractivity contribution < 1.29 is 4.79 Å². The number of carbonyl (C=O) groups excluding carboxylic acids is 1. The molecule has 1 aliphatic rings. The molecule has 1 saturated heterocycles. The molecule has 2 N–H and O–H groups in total. The molecule has 0 radical (unpaired) electrons. The molecule has 1 amide bonds. The van der Waals surface area contributed by atoms with E-state index in [0.717, 1.165) is 25.9 Å². The molecule has 0 aromatic heterocycles. The first-order valence-electron chi connectivity index (χ1n) is 6.40. The molecule has 2 atom stereocenters. The van der Waals surface area contributed by atoms with Crippen LogP contribution in [0.15, 0.2) is 0 Å². The lowest BCUT2D eigenvalue weighted by molar-refractivity contribution is -0.136. The van der Waals surface area contributed by atoms with Crippen LogP contribution >= 0.6 is 12.4 Å². The lowest BCUT2D eigenvalue weighted by atomic mass is 9.85. The van der Waals surface area contributed by atoms with Gasteiger partial charge in [0.05, 0.1) is 6.04 Å². The van der Waals surface area contributed by atoms with Crippen LogP contribution in [0.4, 0.5) is 0 Å². The zero-order chi connectivity index (χ0) is 12.3. The van der Waals surface area contributed by atoms with E-state index in [2.05, 4.69) is 6.92 Å². The van der Waals surface area contributed by atoms with E-state index in [1.807, 2.05) is 25.7 Å². The summed E-state index contributed by atoms with van der Waals surface area (Å²) in [6.07, 6.45) is 3.54. The van der Waals surface area contributed by atoms with Crippen molar-refractivity contribution in [3.63, 3.8) is 0 Å². The summed E-state index contributed by atoms with van der Waals surface area (Å²) in [5.74, 6) is 0.801. The predicted molar refractivity (Wildman–Crippen MR) is 74.3 cm³/mol. The third-order valence-corrected chi connectivity index (χ3v) is 3.61. The van der Waals surface area contributed by atoms with E-state index >= 15 is 0 Å². The highest BCUT2D eigenvalue weighted by molar-refractivity contribution is 5.85. The minimum Gasteiger partial charge on any atom is -0.341 e. The van der Waals surface area contributed by atoms with Crippen LogP contribution in [0, 0.1) is 11.3 Å². The minimum absolute atomic E-state index is 0. The summed E-state index contributed by atoms with van der Waals surface area (Å²) in [4.78, 5) is 14.2. The molecular weight excluding hydrogens is 236 g/mol. The highest BCUT2D eigenvalue weighted by atomic mass is 35.5. The lowest BCUT2D eigenvalue weighted by Crippen LogP contribution is -2.52. The zero-order valence-electron chi connectivity index (χ0n) is 11.5. The Morgan fingerprint density at radius 3 is 2.53 bits per heavy atom. The number of nitrogens with two attached hydrogens (primary N) is 1. The highest BCUT2D eigenvalue weighted by Gasteiger charge is 2.32. The van der Waals surface area contributed by atoms with E-state index in [4.69, 9.17) is 5.73 Å². The van der Waals surface area contributed by atoms with Gasteiger partial charge < -0.3 is 10.6 Å². The normalized spacial score (nSPS) is 22.9. The van der Waals surface area contributed by atoms with Crippen LogP contribution in [0.1, 0.15) is 47.0 Å². The molecule has 0 aromatic carbocycles. The summed E-state index contributed by atoms with van der Waals surface area (Å²) in [5.41, 5.74) is 5.88. The number of hydrogen-bond donors (Lipinski definition) is 1. The second kappa shape index (κ2) is 6.60. The topological polar surface area (TPSA) is 46.3 Å². The summed E-state index contributed by atoms with van der Waals surface area (Å²) < 4.78 is 0. The van der Waals surface area contributed by atoms with Gasteiger partial charge in [-0.2, -0.15) is 0 Å². The number of hydrogen-bond acceptors (Lipinski definition) is 2. The average molecular weight is 263 g/mol. The first-order chi connectivity index (χ1) is 7.36. The maximum absolute atomic E-state index is 12.2. The second-order valence-electron chi connectivity index (χ2n) is 6.04. The summed E-state index contributed by atoms with van der Waals surface area (Å²) in [7, 11) is 0. The molecule has 102 valence electrons. The molecule has 1 unspecified atom stereocenters. The maximum atomic E-state index is 12.2. The third kappa shape index (κ3) is 4.47. The van der Waals surface area contributed by atoms with Crippen LogP contribution in [0.25, 0.3) is 0 Å². The van der Waals surface area contributed by atoms with E-state index in [9.17, 15) is 4.79 Å². The summed E-state index contributed by atoms with van der Waals surface area (Å²) in [6, 6.07) is -0.372. The van der Waals surface area contributed by atoms with Gasteiger partial charge >= 0.3 is 0 Å². The molecule has 1 rings (SSSR count). The number of amides is 1. The van der Waals surface area contributed by atoms with Crippen LogP contribution in [-0.4, -0.2) is 29.9 Å². The van der Waals surface area contributed by atoms with Crippen molar-refractivity contribution in [2.24, 2.45) is 17.1 Å². The molecule has 0 spiro atoms. The number of nitrogens with zero attached hydrogens (tertiary/aromatic N) is 1. The molecule has 1 fully saturated rings. The molecule has 0 saturated carbocycles. The number of piperidine rings is 1. The van der Waals surface area contributed by atoms with E-state index in [1.165, 1.54) is 6.42 Å². The van der Waals surface area contributed by atoms with Gasteiger partial charge in [-0.3, -0.25) is 4.79 Å². The molecule has 0 aromatic rings. The van der Waals surface area contributed by atoms with Crippen molar-refractivity contribution in [2.75, 3.05) is 13.1 Å². The van der Waals surface area contributed by atoms with E-state index in [0.29, 0.717) is 5.92 Å². The van der Waals surface area contributed by atoms with Gasteiger partial charge in [0.15, 0.2) is 0 Å². The van der Waals surface area contributed by atoms with Gasteiger partial charge in [-0.15, -0.1) is 12.4 Å². The van der Waals surface area contributed by atoms with Gasteiger partial charge in [0.25, 0.3) is 0 Å². The first-order valence-corrected chi connectivity index (χ1v) is 6.40. The summed E-state index contributed by atoms with van der Waals surface area (Å²) in [6.45, 7) is 10.1. The smallest absolute Gasteiger partial charge is 0.240 e. The Morgan fingerprint density at radius 1 is 1.47 bits per heavy atom. The van der Waals surface area contributed by atoms with Crippen molar-refractivity contribution in [2.45, 2.75) is 53.0 Å². The Morgan fingerprint density at radius 2 is 2.06 bits per heavy atom. The van der Waals surface area contributed by atoms with Crippen LogP contribution in [0.3, 0.4) is 0 Å². The molecule has 0 bridgehead atoms. The fraction of sp³-hybridized carbons (Fsp3) is 0.923. The van der Waals surface area contributed by atoms with Gasteiger partial charge in [0, 0.05) is 13.1 Å². The summed E-state index contributed by atoms with van der Waals surface area (Å²) in [5, 5.41) is 0. The van der Waals surface area contributed by atoms with Gasteiger partial charge in [-0.1, -0.05) is 34.1 Å².